The first kappa shape index (κ1) is 19.7. The largest absolute Gasteiger partial charge is 0.497 e. The van der Waals surface area contributed by atoms with Gasteiger partial charge < -0.3 is 10.1 Å². The van der Waals surface area contributed by atoms with Crippen LogP contribution < -0.4 is 15.5 Å². The number of hydrogen-bond acceptors (Lipinski definition) is 5. The van der Waals surface area contributed by atoms with E-state index in [4.69, 9.17) is 4.74 Å². The topological polar surface area (TPSA) is 79.8 Å². The van der Waals surface area contributed by atoms with Crippen LogP contribution in [0.5, 0.6) is 5.75 Å². The molecule has 0 radical (unpaired) electrons. The van der Waals surface area contributed by atoms with E-state index in [0.717, 1.165) is 22.6 Å². The number of benzene rings is 1. The predicted molar refractivity (Wildman–Crippen MR) is 104 cm³/mol. The molecule has 2 aromatic rings. The van der Waals surface area contributed by atoms with E-state index in [9.17, 15) is 9.59 Å². The molecule has 26 heavy (non-hydrogen) atoms. The van der Waals surface area contributed by atoms with Gasteiger partial charge in [0, 0.05) is 17.1 Å². The van der Waals surface area contributed by atoms with Gasteiger partial charge in [-0.15, -0.1) is 11.3 Å². The summed E-state index contributed by atoms with van der Waals surface area (Å²) in [7, 11) is 1.63. The summed E-state index contributed by atoms with van der Waals surface area (Å²) in [5, 5.41) is 8.75. The van der Waals surface area contributed by atoms with Crippen LogP contribution in [0, 0.1) is 0 Å². The van der Waals surface area contributed by atoms with Crippen molar-refractivity contribution in [1.82, 2.24) is 10.7 Å². The van der Waals surface area contributed by atoms with E-state index in [-0.39, 0.29) is 18.2 Å². The first-order chi connectivity index (χ1) is 12.6. The Morgan fingerprint density at radius 3 is 2.58 bits per heavy atom. The van der Waals surface area contributed by atoms with Crippen LogP contribution in [0.4, 0.5) is 0 Å². The molecule has 0 saturated heterocycles. The van der Waals surface area contributed by atoms with E-state index >= 15 is 0 Å². The average Bonchev–Trinajstić information content (AvgIpc) is 3.13. The molecule has 0 unspecified atom stereocenters. The standard InChI is InChI=1S/C19H23N3O3S/c1-14(21-22-19(24)13-17-4-3-11-26-17)12-18(23)20-10-9-15-5-7-16(25-2)8-6-15/h3-8,11H,9-10,12-13H2,1-2H3,(H,20,23)(H,22,24)/b21-14-. The van der Waals surface area contributed by atoms with Gasteiger partial charge in [-0.25, -0.2) is 5.43 Å². The molecule has 0 atom stereocenters. The zero-order chi connectivity index (χ0) is 18.8. The number of nitrogens with one attached hydrogen (secondary N) is 2. The second kappa shape index (κ2) is 10.4. The number of nitrogens with zero attached hydrogens (tertiary/aromatic N) is 1. The van der Waals surface area contributed by atoms with Crippen molar-refractivity contribution in [1.29, 1.82) is 0 Å². The van der Waals surface area contributed by atoms with Gasteiger partial charge in [0.25, 0.3) is 0 Å². The quantitative estimate of drug-likeness (QED) is 0.524. The molecule has 0 saturated carbocycles. The fourth-order valence-corrected chi connectivity index (χ4v) is 2.95. The van der Waals surface area contributed by atoms with E-state index < -0.39 is 0 Å². The Kier molecular flexibility index (Phi) is 7.82. The van der Waals surface area contributed by atoms with Gasteiger partial charge in [0.1, 0.15) is 5.75 Å². The number of hydrazone groups is 1. The summed E-state index contributed by atoms with van der Waals surface area (Å²) in [5.41, 5.74) is 4.17. The Bertz CT molecular complexity index is 740. The van der Waals surface area contributed by atoms with Crippen molar-refractivity contribution >= 4 is 28.9 Å². The number of thiophene rings is 1. The average molecular weight is 373 g/mol. The number of carbonyl (C=O) groups is 2. The summed E-state index contributed by atoms with van der Waals surface area (Å²) < 4.78 is 5.11. The first-order valence-electron chi connectivity index (χ1n) is 8.31. The van der Waals surface area contributed by atoms with Crippen LogP contribution in [0.3, 0.4) is 0 Å². The number of hydrogen-bond donors (Lipinski definition) is 2. The van der Waals surface area contributed by atoms with Crippen molar-refractivity contribution in [2.45, 2.75) is 26.2 Å². The molecule has 6 nitrogen and oxygen atoms in total. The van der Waals surface area contributed by atoms with Crippen LogP contribution in [-0.4, -0.2) is 31.2 Å². The van der Waals surface area contributed by atoms with Gasteiger partial charge in [-0.3, -0.25) is 9.59 Å². The molecule has 1 aromatic carbocycles. The van der Waals surface area contributed by atoms with E-state index in [2.05, 4.69) is 15.8 Å². The van der Waals surface area contributed by atoms with Gasteiger partial charge in [-0.2, -0.15) is 5.10 Å². The molecular weight excluding hydrogens is 350 g/mol. The van der Waals surface area contributed by atoms with E-state index in [0.29, 0.717) is 18.7 Å². The van der Waals surface area contributed by atoms with Crippen molar-refractivity contribution in [2.24, 2.45) is 5.10 Å². The molecule has 1 heterocycles. The number of methoxy groups -OCH3 is 1. The molecule has 0 spiro atoms. The normalized spacial score (nSPS) is 11.1. The maximum atomic E-state index is 11.9. The SMILES string of the molecule is COc1ccc(CCNC(=O)C/C(C)=N\NC(=O)Cc2cccs2)cc1. The molecular formula is C19H23N3O3S. The fraction of sp³-hybridized carbons (Fsp3) is 0.316. The molecule has 0 bridgehead atoms. The van der Waals surface area contributed by atoms with Crippen LogP contribution in [0.2, 0.25) is 0 Å². The molecule has 2 rings (SSSR count). The molecule has 1 aromatic heterocycles. The minimum absolute atomic E-state index is 0.118. The van der Waals surface area contributed by atoms with Crippen LogP contribution >= 0.6 is 11.3 Å². The summed E-state index contributed by atoms with van der Waals surface area (Å²) in [5.74, 6) is 0.504. The fourth-order valence-electron chi connectivity index (χ4n) is 2.24. The molecule has 7 heteroatoms. The lowest BCUT2D eigenvalue weighted by Crippen LogP contribution is -2.28. The Labute approximate surface area is 157 Å². The van der Waals surface area contributed by atoms with Gasteiger partial charge in [0.15, 0.2) is 0 Å². The lowest BCUT2D eigenvalue weighted by molar-refractivity contribution is -0.121. The summed E-state index contributed by atoms with van der Waals surface area (Å²) in [4.78, 5) is 24.7. The molecule has 0 fully saturated rings. The number of rotatable bonds is 9. The summed E-state index contributed by atoms with van der Waals surface area (Å²) in [6, 6.07) is 11.5. The highest BCUT2D eigenvalue weighted by atomic mass is 32.1. The highest BCUT2D eigenvalue weighted by Gasteiger charge is 2.06. The molecule has 0 aliphatic rings. The molecule has 2 N–H and O–H groups in total. The van der Waals surface area contributed by atoms with Crippen molar-refractivity contribution in [3.05, 3.63) is 52.2 Å². The highest BCUT2D eigenvalue weighted by molar-refractivity contribution is 7.10. The van der Waals surface area contributed by atoms with Crippen LogP contribution in [-0.2, 0) is 22.4 Å². The monoisotopic (exact) mass is 373 g/mol. The van der Waals surface area contributed by atoms with Gasteiger partial charge in [0.2, 0.25) is 11.8 Å². The maximum Gasteiger partial charge on any atom is 0.245 e. The summed E-state index contributed by atoms with van der Waals surface area (Å²) in [6.45, 7) is 2.26. The highest BCUT2D eigenvalue weighted by Crippen LogP contribution is 2.11. The van der Waals surface area contributed by atoms with Crippen LogP contribution in [0.1, 0.15) is 23.8 Å². The second-order valence-electron chi connectivity index (χ2n) is 5.76. The van der Waals surface area contributed by atoms with E-state index in [1.54, 1.807) is 14.0 Å². The van der Waals surface area contributed by atoms with Crippen molar-refractivity contribution in [2.75, 3.05) is 13.7 Å². The maximum absolute atomic E-state index is 11.9. The second-order valence-corrected chi connectivity index (χ2v) is 6.80. The van der Waals surface area contributed by atoms with Crippen molar-refractivity contribution < 1.29 is 14.3 Å². The minimum atomic E-state index is -0.188. The predicted octanol–water partition coefficient (Wildman–Crippen LogP) is 2.54. The van der Waals surface area contributed by atoms with Gasteiger partial charge >= 0.3 is 0 Å². The number of amides is 2. The minimum Gasteiger partial charge on any atom is -0.497 e. The number of carbonyl (C=O) groups excluding carboxylic acids is 2. The number of ether oxygens (including phenoxy) is 1. The smallest absolute Gasteiger partial charge is 0.245 e. The van der Waals surface area contributed by atoms with Crippen LogP contribution in [0.15, 0.2) is 46.9 Å². The first-order valence-corrected chi connectivity index (χ1v) is 9.19. The van der Waals surface area contributed by atoms with Gasteiger partial charge in [-0.1, -0.05) is 18.2 Å². The van der Waals surface area contributed by atoms with Crippen LogP contribution in [0.25, 0.3) is 0 Å². The van der Waals surface area contributed by atoms with Crippen molar-refractivity contribution in [3.63, 3.8) is 0 Å². The molecule has 0 aliphatic carbocycles. The molecule has 2 amide bonds. The third-order valence-electron chi connectivity index (χ3n) is 3.60. The van der Waals surface area contributed by atoms with Gasteiger partial charge in [-0.05, 0) is 42.5 Å². The van der Waals surface area contributed by atoms with Crippen molar-refractivity contribution in [3.8, 4) is 5.75 Å². The van der Waals surface area contributed by atoms with E-state index in [1.807, 2.05) is 41.8 Å². The zero-order valence-corrected chi connectivity index (χ0v) is 15.8. The lowest BCUT2D eigenvalue weighted by Gasteiger charge is -2.06. The summed E-state index contributed by atoms with van der Waals surface area (Å²) >= 11 is 1.52. The third-order valence-corrected chi connectivity index (χ3v) is 4.47. The third kappa shape index (κ3) is 7.06. The lowest BCUT2D eigenvalue weighted by atomic mass is 10.1. The Morgan fingerprint density at radius 2 is 1.92 bits per heavy atom. The Hall–Kier alpha value is -2.67. The molecule has 138 valence electrons. The van der Waals surface area contributed by atoms with E-state index in [1.165, 1.54) is 11.3 Å². The van der Waals surface area contributed by atoms with Gasteiger partial charge in [0.05, 0.1) is 20.0 Å². The summed E-state index contributed by atoms with van der Waals surface area (Å²) in [6.07, 6.45) is 1.19. The Morgan fingerprint density at radius 1 is 1.15 bits per heavy atom. The molecule has 0 aliphatic heterocycles. The Balaban J connectivity index is 1.66. The zero-order valence-electron chi connectivity index (χ0n) is 15.0.